The van der Waals surface area contributed by atoms with E-state index < -0.39 is 4.92 Å². The van der Waals surface area contributed by atoms with Crippen LogP contribution in [0.2, 0.25) is 0 Å². The maximum absolute atomic E-state index is 10.6. The highest BCUT2D eigenvalue weighted by molar-refractivity contribution is 5.44. The minimum absolute atomic E-state index is 0.00379. The summed E-state index contributed by atoms with van der Waals surface area (Å²) in [6.45, 7) is 1.90. The lowest BCUT2D eigenvalue weighted by Gasteiger charge is -2.12. The lowest BCUT2D eigenvalue weighted by atomic mass is 10.1. The van der Waals surface area contributed by atoms with Crippen LogP contribution in [0.1, 0.15) is 12.5 Å². The third-order valence-electron chi connectivity index (χ3n) is 2.38. The Kier molecular flexibility index (Phi) is 4.25. The molecule has 1 unspecified atom stereocenters. The summed E-state index contributed by atoms with van der Waals surface area (Å²) in [5.41, 5.74) is 0.852. The molecule has 0 saturated heterocycles. The van der Waals surface area contributed by atoms with E-state index in [0.29, 0.717) is 12.2 Å². The second-order valence-electron chi connectivity index (χ2n) is 3.50. The van der Waals surface area contributed by atoms with E-state index in [1.807, 2.05) is 6.92 Å². The van der Waals surface area contributed by atoms with Crippen LogP contribution in [0.15, 0.2) is 18.2 Å². The molecule has 1 rings (SSSR count). The molecule has 0 N–H and O–H groups in total. The molecular formula is C11H15NO4. The molecule has 5 heteroatoms. The summed E-state index contributed by atoms with van der Waals surface area (Å²) in [4.78, 5) is 10.2. The normalized spacial score (nSPS) is 12.2. The van der Waals surface area contributed by atoms with E-state index in [4.69, 9.17) is 9.47 Å². The Bertz CT molecular complexity index is 378. The van der Waals surface area contributed by atoms with Crippen molar-refractivity contribution in [1.29, 1.82) is 0 Å². The van der Waals surface area contributed by atoms with Crippen LogP contribution >= 0.6 is 0 Å². The van der Waals surface area contributed by atoms with Gasteiger partial charge < -0.3 is 9.47 Å². The molecule has 16 heavy (non-hydrogen) atoms. The van der Waals surface area contributed by atoms with Crippen LogP contribution in [0.5, 0.6) is 5.75 Å². The molecule has 0 heterocycles. The van der Waals surface area contributed by atoms with Gasteiger partial charge in [-0.15, -0.1) is 0 Å². The van der Waals surface area contributed by atoms with Gasteiger partial charge in [-0.3, -0.25) is 10.1 Å². The molecule has 1 atom stereocenters. The van der Waals surface area contributed by atoms with Gasteiger partial charge in [0.2, 0.25) is 0 Å². The average molecular weight is 225 g/mol. The van der Waals surface area contributed by atoms with E-state index in [1.54, 1.807) is 20.3 Å². The first-order chi connectivity index (χ1) is 7.58. The number of hydrogen-bond donors (Lipinski definition) is 0. The molecule has 0 radical (unpaired) electrons. The molecular weight excluding hydrogens is 210 g/mol. The summed E-state index contributed by atoms with van der Waals surface area (Å²) in [6, 6.07) is 4.56. The van der Waals surface area contributed by atoms with Crippen LogP contribution in [0.3, 0.4) is 0 Å². The highest BCUT2D eigenvalue weighted by Crippen LogP contribution is 2.25. The molecule has 0 spiro atoms. The van der Waals surface area contributed by atoms with Gasteiger partial charge in [0, 0.05) is 31.2 Å². The number of nitro groups is 1. The number of ether oxygens (including phenoxy) is 2. The topological polar surface area (TPSA) is 61.6 Å². The molecule has 0 fully saturated rings. The van der Waals surface area contributed by atoms with Gasteiger partial charge in [-0.2, -0.15) is 0 Å². The van der Waals surface area contributed by atoms with Crippen LogP contribution in [-0.4, -0.2) is 25.2 Å². The lowest BCUT2D eigenvalue weighted by molar-refractivity contribution is -0.384. The molecule has 0 saturated carbocycles. The maximum atomic E-state index is 10.6. The van der Waals surface area contributed by atoms with E-state index in [-0.39, 0.29) is 11.8 Å². The number of methoxy groups -OCH3 is 2. The fourth-order valence-electron chi connectivity index (χ4n) is 1.43. The second-order valence-corrected chi connectivity index (χ2v) is 3.50. The number of nitrogens with zero attached hydrogens (tertiary/aromatic N) is 1. The monoisotopic (exact) mass is 225 g/mol. The quantitative estimate of drug-likeness (QED) is 0.569. The van der Waals surface area contributed by atoms with E-state index in [9.17, 15) is 10.1 Å². The number of hydrogen-bond acceptors (Lipinski definition) is 4. The highest BCUT2D eigenvalue weighted by atomic mass is 16.6. The zero-order chi connectivity index (χ0) is 12.1. The van der Waals surface area contributed by atoms with Crippen molar-refractivity contribution < 1.29 is 14.4 Å². The molecule has 0 bridgehead atoms. The third kappa shape index (κ3) is 2.93. The van der Waals surface area contributed by atoms with Gasteiger partial charge in [-0.25, -0.2) is 0 Å². The van der Waals surface area contributed by atoms with Crippen molar-refractivity contribution in [2.45, 2.75) is 19.4 Å². The highest BCUT2D eigenvalue weighted by Gasteiger charge is 2.13. The summed E-state index contributed by atoms with van der Waals surface area (Å²) in [5.74, 6) is 0.648. The summed E-state index contributed by atoms with van der Waals surface area (Å²) < 4.78 is 10.3. The number of rotatable bonds is 5. The van der Waals surface area contributed by atoms with Crippen molar-refractivity contribution in [1.82, 2.24) is 0 Å². The molecule has 1 aromatic carbocycles. The smallest absolute Gasteiger partial charge is 0.269 e. The van der Waals surface area contributed by atoms with Crippen LogP contribution < -0.4 is 4.74 Å². The predicted molar refractivity (Wildman–Crippen MR) is 59.8 cm³/mol. The Labute approximate surface area is 94.1 Å². The van der Waals surface area contributed by atoms with Crippen molar-refractivity contribution in [2.75, 3.05) is 14.2 Å². The lowest BCUT2D eigenvalue weighted by Crippen LogP contribution is -2.09. The second kappa shape index (κ2) is 5.46. The average Bonchev–Trinajstić information content (AvgIpc) is 2.28. The van der Waals surface area contributed by atoms with Gasteiger partial charge >= 0.3 is 0 Å². The van der Waals surface area contributed by atoms with Crippen LogP contribution in [-0.2, 0) is 11.2 Å². The Hall–Kier alpha value is -1.62. The van der Waals surface area contributed by atoms with Crippen molar-refractivity contribution in [3.8, 4) is 5.75 Å². The van der Waals surface area contributed by atoms with Gasteiger partial charge in [-0.1, -0.05) is 0 Å². The Morgan fingerprint density at radius 1 is 1.44 bits per heavy atom. The zero-order valence-electron chi connectivity index (χ0n) is 9.60. The van der Waals surface area contributed by atoms with Crippen LogP contribution in [0, 0.1) is 10.1 Å². The minimum atomic E-state index is -0.416. The van der Waals surface area contributed by atoms with Gasteiger partial charge in [-0.05, 0) is 13.0 Å². The molecule has 0 aliphatic heterocycles. The van der Waals surface area contributed by atoms with Gasteiger partial charge in [0.1, 0.15) is 5.75 Å². The largest absolute Gasteiger partial charge is 0.496 e. The van der Waals surface area contributed by atoms with Crippen LogP contribution in [0.25, 0.3) is 0 Å². The number of nitro benzene ring substituents is 1. The Balaban J connectivity index is 3.02. The Morgan fingerprint density at radius 2 is 2.12 bits per heavy atom. The van der Waals surface area contributed by atoms with Crippen molar-refractivity contribution in [3.63, 3.8) is 0 Å². The summed E-state index contributed by atoms with van der Waals surface area (Å²) in [7, 11) is 3.15. The van der Waals surface area contributed by atoms with E-state index >= 15 is 0 Å². The van der Waals surface area contributed by atoms with E-state index in [1.165, 1.54) is 12.1 Å². The summed E-state index contributed by atoms with van der Waals surface area (Å²) in [6.07, 6.45) is 0.581. The first-order valence-electron chi connectivity index (χ1n) is 4.92. The van der Waals surface area contributed by atoms with Gasteiger partial charge in [0.05, 0.1) is 18.1 Å². The van der Waals surface area contributed by atoms with Crippen molar-refractivity contribution >= 4 is 5.69 Å². The van der Waals surface area contributed by atoms with Crippen molar-refractivity contribution in [2.24, 2.45) is 0 Å². The standard InChI is InChI=1S/C11H15NO4/c1-8(15-2)6-9-7-10(12(13)14)4-5-11(9)16-3/h4-5,7-8H,6H2,1-3H3. The maximum Gasteiger partial charge on any atom is 0.269 e. The molecule has 88 valence electrons. The number of benzene rings is 1. The molecule has 1 aromatic rings. The molecule has 0 aliphatic carbocycles. The summed E-state index contributed by atoms with van der Waals surface area (Å²) in [5, 5.41) is 10.6. The van der Waals surface area contributed by atoms with Gasteiger partial charge in [0.25, 0.3) is 5.69 Å². The van der Waals surface area contributed by atoms with E-state index in [2.05, 4.69) is 0 Å². The first-order valence-corrected chi connectivity index (χ1v) is 4.92. The molecule has 5 nitrogen and oxygen atoms in total. The van der Waals surface area contributed by atoms with Crippen molar-refractivity contribution in [3.05, 3.63) is 33.9 Å². The summed E-state index contributed by atoms with van der Waals surface area (Å²) >= 11 is 0. The molecule has 0 aliphatic rings. The SMILES string of the molecule is COc1ccc([N+](=O)[O-])cc1CC(C)OC. The minimum Gasteiger partial charge on any atom is -0.496 e. The van der Waals surface area contributed by atoms with Gasteiger partial charge in [0.15, 0.2) is 0 Å². The fourth-order valence-corrected chi connectivity index (χ4v) is 1.43. The molecule has 0 amide bonds. The van der Waals surface area contributed by atoms with Crippen LogP contribution in [0.4, 0.5) is 5.69 Å². The first kappa shape index (κ1) is 12.4. The van der Waals surface area contributed by atoms with E-state index in [0.717, 1.165) is 5.56 Å². The molecule has 0 aromatic heterocycles. The fraction of sp³-hybridized carbons (Fsp3) is 0.455. The number of non-ortho nitro benzene ring substituents is 1. The third-order valence-corrected chi connectivity index (χ3v) is 2.38. The Morgan fingerprint density at radius 3 is 2.62 bits per heavy atom. The predicted octanol–water partition coefficient (Wildman–Crippen LogP) is 2.18. The zero-order valence-corrected chi connectivity index (χ0v) is 9.60.